The fourth-order valence-electron chi connectivity index (χ4n) is 3.57. The van der Waals surface area contributed by atoms with Gasteiger partial charge in [0, 0.05) is 10.4 Å². The number of hydrogen-bond acceptors (Lipinski definition) is 3. The Morgan fingerprint density at radius 3 is 2.14 bits per heavy atom. The molecule has 0 spiro atoms. The highest BCUT2D eigenvalue weighted by Crippen LogP contribution is 2.44. The minimum absolute atomic E-state index is 0.0112. The number of halogens is 1. The van der Waals surface area contributed by atoms with E-state index in [9.17, 15) is 14.7 Å². The second-order valence-electron chi connectivity index (χ2n) is 6.42. The Hall–Kier alpha value is -3.12. The van der Waals surface area contributed by atoms with E-state index >= 15 is 0 Å². The number of nitrogens with one attached hydrogen (secondary N) is 1. The molecule has 0 aromatic heterocycles. The molecule has 5 nitrogen and oxygen atoms in total. The van der Waals surface area contributed by atoms with Crippen LogP contribution < -0.4 is 5.32 Å². The molecule has 0 atom stereocenters. The Morgan fingerprint density at radius 2 is 1.54 bits per heavy atom. The van der Waals surface area contributed by atoms with Crippen LogP contribution in [0, 0.1) is 0 Å². The molecule has 2 N–H and O–H groups in total. The van der Waals surface area contributed by atoms with Crippen LogP contribution in [0.1, 0.15) is 27.4 Å². The van der Waals surface area contributed by atoms with E-state index < -0.39 is 12.1 Å². The van der Waals surface area contributed by atoms with Gasteiger partial charge in [0.15, 0.2) is 0 Å². The number of carbonyl (C=O) groups excluding carboxylic acids is 1. The van der Waals surface area contributed by atoms with Crippen molar-refractivity contribution in [2.24, 2.45) is 0 Å². The van der Waals surface area contributed by atoms with Crippen molar-refractivity contribution in [1.82, 2.24) is 0 Å². The van der Waals surface area contributed by atoms with Gasteiger partial charge in [0.2, 0.25) is 0 Å². The van der Waals surface area contributed by atoms with E-state index in [2.05, 4.69) is 33.4 Å². The smallest absolute Gasteiger partial charge is 0.411 e. The van der Waals surface area contributed by atoms with Crippen LogP contribution in [-0.4, -0.2) is 23.8 Å². The monoisotopic (exact) mass is 437 g/mol. The fraction of sp³-hybridized carbons (Fsp3) is 0.0909. The van der Waals surface area contributed by atoms with Crippen LogP contribution in [0.3, 0.4) is 0 Å². The Kier molecular flexibility index (Phi) is 4.88. The average molecular weight is 438 g/mol. The first-order chi connectivity index (χ1) is 13.6. The number of para-hydroxylation sites is 1. The highest BCUT2D eigenvalue weighted by molar-refractivity contribution is 9.10. The topological polar surface area (TPSA) is 75.6 Å². The summed E-state index contributed by atoms with van der Waals surface area (Å²) in [5, 5.41) is 11.9. The van der Waals surface area contributed by atoms with Crippen LogP contribution in [0.5, 0.6) is 0 Å². The SMILES string of the molecule is O=C(Nc1c(Br)cccc1C(=O)O)OCC1c2ccccc2-c2ccccc21. The van der Waals surface area contributed by atoms with Crippen molar-refractivity contribution < 1.29 is 19.4 Å². The molecule has 0 heterocycles. The fourth-order valence-corrected chi connectivity index (χ4v) is 4.03. The summed E-state index contributed by atoms with van der Waals surface area (Å²) in [6.45, 7) is 0.159. The van der Waals surface area contributed by atoms with Crippen LogP contribution in [0.25, 0.3) is 11.1 Å². The third kappa shape index (κ3) is 3.27. The van der Waals surface area contributed by atoms with Gasteiger partial charge >= 0.3 is 12.1 Å². The number of carboxylic acids is 1. The summed E-state index contributed by atoms with van der Waals surface area (Å²) >= 11 is 3.27. The summed E-state index contributed by atoms with van der Waals surface area (Å²) < 4.78 is 5.94. The van der Waals surface area contributed by atoms with Gasteiger partial charge in [-0.3, -0.25) is 5.32 Å². The molecule has 0 bridgehead atoms. The van der Waals surface area contributed by atoms with E-state index in [1.54, 1.807) is 12.1 Å². The number of fused-ring (bicyclic) bond motifs is 3. The van der Waals surface area contributed by atoms with Gasteiger partial charge in [-0.05, 0) is 50.3 Å². The summed E-state index contributed by atoms with van der Waals surface area (Å²) in [4.78, 5) is 23.8. The van der Waals surface area contributed by atoms with Crippen molar-refractivity contribution in [1.29, 1.82) is 0 Å². The number of carbonyl (C=O) groups is 2. The summed E-state index contributed by atoms with van der Waals surface area (Å²) in [6, 6.07) is 20.8. The average Bonchev–Trinajstić information content (AvgIpc) is 3.02. The molecule has 0 aliphatic heterocycles. The minimum atomic E-state index is -1.13. The lowest BCUT2D eigenvalue weighted by molar-refractivity contribution is 0.0698. The molecule has 3 aromatic rings. The van der Waals surface area contributed by atoms with E-state index in [0.717, 1.165) is 22.3 Å². The molecule has 0 saturated carbocycles. The molecule has 140 valence electrons. The molecule has 0 saturated heterocycles. The summed E-state index contributed by atoms with van der Waals surface area (Å²) in [5.41, 5.74) is 4.68. The molecule has 28 heavy (non-hydrogen) atoms. The van der Waals surface area contributed by atoms with Gasteiger partial charge in [-0.1, -0.05) is 54.6 Å². The van der Waals surface area contributed by atoms with Gasteiger partial charge in [0.05, 0.1) is 11.3 Å². The van der Waals surface area contributed by atoms with Crippen molar-refractivity contribution >= 4 is 33.7 Å². The van der Waals surface area contributed by atoms with Crippen LogP contribution in [0.15, 0.2) is 71.2 Å². The van der Waals surface area contributed by atoms with E-state index in [4.69, 9.17) is 4.74 Å². The minimum Gasteiger partial charge on any atom is -0.478 e. The molecule has 0 radical (unpaired) electrons. The molecule has 6 heteroatoms. The second kappa shape index (κ2) is 7.48. The Balaban J connectivity index is 1.53. The van der Waals surface area contributed by atoms with Gasteiger partial charge in [-0.15, -0.1) is 0 Å². The third-order valence-corrected chi connectivity index (χ3v) is 5.48. The zero-order valence-electron chi connectivity index (χ0n) is 14.7. The van der Waals surface area contributed by atoms with Crippen molar-refractivity contribution in [3.63, 3.8) is 0 Å². The van der Waals surface area contributed by atoms with E-state index in [1.807, 2.05) is 36.4 Å². The summed E-state index contributed by atoms with van der Waals surface area (Å²) in [7, 11) is 0. The highest BCUT2D eigenvalue weighted by Gasteiger charge is 2.29. The van der Waals surface area contributed by atoms with Gasteiger partial charge in [0.25, 0.3) is 0 Å². The van der Waals surface area contributed by atoms with E-state index in [1.165, 1.54) is 6.07 Å². The Bertz CT molecular complexity index is 1030. The van der Waals surface area contributed by atoms with Gasteiger partial charge in [-0.25, -0.2) is 9.59 Å². The number of amides is 1. The molecule has 0 unspecified atom stereocenters. The first kappa shape index (κ1) is 18.3. The molecule has 4 rings (SSSR count). The Morgan fingerprint density at radius 1 is 0.929 bits per heavy atom. The van der Waals surface area contributed by atoms with Crippen molar-refractivity contribution in [3.8, 4) is 11.1 Å². The number of anilines is 1. The van der Waals surface area contributed by atoms with Crippen molar-refractivity contribution in [2.75, 3.05) is 11.9 Å². The lowest BCUT2D eigenvalue weighted by Crippen LogP contribution is -2.19. The zero-order valence-corrected chi connectivity index (χ0v) is 16.3. The molecule has 3 aromatic carbocycles. The predicted octanol–water partition coefficient (Wildman–Crippen LogP) is 5.51. The number of rotatable bonds is 4. The predicted molar refractivity (Wildman–Crippen MR) is 110 cm³/mol. The van der Waals surface area contributed by atoms with E-state index in [0.29, 0.717) is 4.47 Å². The number of benzene rings is 3. The third-order valence-electron chi connectivity index (χ3n) is 4.81. The van der Waals surface area contributed by atoms with Crippen LogP contribution in [-0.2, 0) is 4.74 Å². The lowest BCUT2D eigenvalue weighted by Gasteiger charge is -2.15. The van der Waals surface area contributed by atoms with Crippen LogP contribution in [0.4, 0.5) is 10.5 Å². The maximum absolute atomic E-state index is 12.4. The maximum Gasteiger partial charge on any atom is 0.411 e. The number of ether oxygens (including phenoxy) is 1. The molecule has 1 amide bonds. The quantitative estimate of drug-likeness (QED) is 0.564. The van der Waals surface area contributed by atoms with Crippen LogP contribution >= 0.6 is 15.9 Å². The molecular formula is C22H16BrNO4. The molecule has 1 aliphatic carbocycles. The van der Waals surface area contributed by atoms with Crippen LogP contribution in [0.2, 0.25) is 0 Å². The molecule has 0 fully saturated rings. The van der Waals surface area contributed by atoms with Crippen molar-refractivity contribution in [2.45, 2.75) is 5.92 Å². The van der Waals surface area contributed by atoms with Gasteiger partial charge < -0.3 is 9.84 Å². The van der Waals surface area contributed by atoms with Gasteiger partial charge in [-0.2, -0.15) is 0 Å². The Labute approximate surface area is 170 Å². The van der Waals surface area contributed by atoms with Gasteiger partial charge in [0.1, 0.15) is 6.61 Å². The largest absolute Gasteiger partial charge is 0.478 e. The number of carboxylic acid groups (broad SMARTS) is 1. The zero-order chi connectivity index (χ0) is 19.7. The first-order valence-corrected chi connectivity index (χ1v) is 9.49. The first-order valence-electron chi connectivity index (χ1n) is 8.70. The number of hydrogen-bond donors (Lipinski definition) is 2. The molecular weight excluding hydrogens is 422 g/mol. The maximum atomic E-state index is 12.4. The highest BCUT2D eigenvalue weighted by atomic mass is 79.9. The molecule has 1 aliphatic rings. The second-order valence-corrected chi connectivity index (χ2v) is 7.27. The normalized spacial score (nSPS) is 12.2. The van der Waals surface area contributed by atoms with Crippen molar-refractivity contribution in [3.05, 3.63) is 87.9 Å². The summed E-state index contributed by atoms with van der Waals surface area (Å²) in [6.07, 6.45) is -0.698. The summed E-state index contributed by atoms with van der Waals surface area (Å²) in [5.74, 6) is -1.19. The lowest BCUT2D eigenvalue weighted by atomic mass is 9.98. The number of aromatic carboxylic acids is 1. The van der Waals surface area contributed by atoms with E-state index in [-0.39, 0.29) is 23.8 Å². The standard InChI is InChI=1S/C22H16BrNO4/c23-19-11-5-10-17(21(25)26)20(19)24-22(27)28-12-18-15-8-3-1-6-13(15)14-7-2-4-9-16(14)18/h1-11,18H,12H2,(H,24,27)(H,25,26).